The van der Waals surface area contributed by atoms with E-state index in [1.54, 1.807) is 12.4 Å². The smallest absolute Gasteiger partial charge is 0.220 e. The molecule has 0 aliphatic carbocycles. The first-order valence-electron chi connectivity index (χ1n) is 6.58. The lowest BCUT2D eigenvalue weighted by molar-refractivity contribution is -0.124. The molecule has 5 nitrogen and oxygen atoms in total. The molecule has 0 saturated carbocycles. The summed E-state index contributed by atoms with van der Waals surface area (Å²) in [7, 11) is 0. The van der Waals surface area contributed by atoms with Crippen LogP contribution in [0.3, 0.4) is 0 Å². The Labute approximate surface area is 120 Å². The van der Waals surface area contributed by atoms with E-state index in [9.17, 15) is 4.79 Å². The van der Waals surface area contributed by atoms with Gasteiger partial charge in [0.2, 0.25) is 5.91 Å². The van der Waals surface area contributed by atoms with Gasteiger partial charge in [0.1, 0.15) is 0 Å². The maximum absolute atomic E-state index is 11.4. The first-order chi connectivity index (χ1) is 9.15. The molecule has 6 heteroatoms. The number of anilines is 2. The Kier molecular flexibility index (Phi) is 3.35. The molecule has 2 aliphatic rings. The predicted molar refractivity (Wildman–Crippen MR) is 77.8 cm³/mol. The number of nitrogens with zero attached hydrogens (tertiary/aromatic N) is 2. The number of fused-ring (bicyclic) bond motifs is 1. The van der Waals surface area contributed by atoms with Crippen molar-refractivity contribution < 1.29 is 4.79 Å². The highest BCUT2D eigenvalue weighted by molar-refractivity contribution is 9.10. The van der Waals surface area contributed by atoms with Gasteiger partial charge in [-0.25, -0.2) is 0 Å². The minimum atomic E-state index is 0.194. The molecule has 102 valence electrons. The molecular weight excluding hydrogens is 308 g/mol. The Hall–Kier alpha value is -1.30. The highest BCUT2D eigenvalue weighted by Gasteiger charge is 2.34. The van der Waals surface area contributed by atoms with Crippen LogP contribution in [0.1, 0.15) is 19.3 Å². The van der Waals surface area contributed by atoms with E-state index in [2.05, 4.69) is 31.1 Å². The number of carbonyl (C=O) groups excluding carboxylic acids is 1. The average Bonchev–Trinajstić information content (AvgIpc) is 2.38. The average molecular weight is 325 g/mol. The van der Waals surface area contributed by atoms with E-state index in [4.69, 9.17) is 5.73 Å². The Morgan fingerprint density at radius 3 is 3.05 bits per heavy atom. The molecule has 3 N–H and O–H groups in total. The lowest BCUT2D eigenvalue weighted by Gasteiger charge is -2.42. The lowest BCUT2D eigenvalue weighted by Crippen LogP contribution is -2.54. The van der Waals surface area contributed by atoms with Crippen molar-refractivity contribution in [3.8, 4) is 0 Å². The second kappa shape index (κ2) is 5.00. The molecule has 1 aromatic rings. The number of pyridine rings is 1. The molecule has 3 heterocycles. The van der Waals surface area contributed by atoms with Gasteiger partial charge in [0, 0.05) is 31.7 Å². The van der Waals surface area contributed by atoms with Crippen LogP contribution in [0, 0.1) is 5.92 Å². The number of carbonyl (C=O) groups is 1. The van der Waals surface area contributed by atoms with E-state index in [1.807, 2.05) is 0 Å². The zero-order valence-corrected chi connectivity index (χ0v) is 12.2. The normalized spacial score (nSPS) is 26.8. The van der Waals surface area contributed by atoms with Gasteiger partial charge in [-0.1, -0.05) is 0 Å². The van der Waals surface area contributed by atoms with Crippen LogP contribution in [0.5, 0.6) is 0 Å². The number of hydrogen-bond donors (Lipinski definition) is 2. The van der Waals surface area contributed by atoms with Crippen molar-refractivity contribution in [1.29, 1.82) is 0 Å². The fraction of sp³-hybridized carbons (Fsp3) is 0.538. The Balaban J connectivity index is 1.80. The summed E-state index contributed by atoms with van der Waals surface area (Å²) >= 11 is 3.53. The topological polar surface area (TPSA) is 71.2 Å². The van der Waals surface area contributed by atoms with Gasteiger partial charge in [0.05, 0.1) is 22.0 Å². The number of rotatable bonds is 1. The summed E-state index contributed by atoms with van der Waals surface area (Å²) in [5.74, 6) is 0.713. The van der Waals surface area contributed by atoms with Gasteiger partial charge < -0.3 is 16.0 Å². The van der Waals surface area contributed by atoms with E-state index >= 15 is 0 Å². The third-order valence-corrected chi connectivity index (χ3v) is 4.62. The van der Waals surface area contributed by atoms with Crippen LogP contribution in [0.4, 0.5) is 11.4 Å². The number of halogens is 1. The monoisotopic (exact) mass is 324 g/mol. The molecule has 1 aromatic heterocycles. The predicted octanol–water partition coefficient (Wildman–Crippen LogP) is 1.53. The standard InChI is InChI=1S/C13H17BrN4O/c14-9-5-16-6-10(15)13(9)18-4-3-11-8(7-18)1-2-12(19)17-11/h5-6,8,11H,1-4,7,15H2,(H,17,19). The van der Waals surface area contributed by atoms with Crippen molar-refractivity contribution in [2.45, 2.75) is 25.3 Å². The van der Waals surface area contributed by atoms with Crippen LogP contribution < -0.4 is 16.0 Å². The molecule has 2 fully saturated rings. The van der Waals surface area contributed by atoms with Crippen molar-refractivity contribution in [1.82, 2.24) is 10.3 Å². The van der Waals surface area contributed by atoms with Crippen LogP contribution in [0.25, 0.3) is 0 Å². The van der Waals surface area contributed by atoms with E-state index in [0.29, 0.717) is 24.1 Å². The molecule has 2 saturated heterocycles. The van der Waals surface area contributed by atoms with E-state index in [1.165, 1.54) is 0 Å². The maximum atomic E-state index is 11.4. The summed E-state index contributed by atoms with van der Waals surface area (Å²) in [5, 5.41) is 3.10. The highest BCUT2D eigenvalue weighted by atomic mass is 79.9. The fourth-order valence-corrected chi connectivity index (χ4v) is 3.69. The number of aromatic nitrogens is 1. The molecule has 2 aliphatic heterocycles. The summed E-state index contributed by atoms with van der Waals surface area (Å²) < 4.78 is 0.936. The fourth-order valence-electron chi connectivity index (χ4n) is 3.09. The molecule has 0 radical (unpaired) electrons. The molecule has 19 heavy (non-hydrogen) atoms. The van der Waals surface area contributed by atoms with E-state index in [0.717, 1.165) is 36.1 Å². The highest BCUT2D eigenvalue weighted by Crippen LogP contribution is 2.35. The molecule has 2 unspecified atom stereocenters. The van der Waals surface area contributed by atoms with Crippen molar-refractivity contribution in [2.75, 3.05) is 23.7 Å². The quantitative estimate of drug-likeness (QED) is 0.821. The Morgan fingerprint density at radius 1 is 1.42 bits per heavy atom. The van der Waals surface area contributed by atoms with Crippen molar-refractivity contribution in [3.05, 3.63) is 16.9 Å². The summed E-state index contributed by atoms with van der Waals surface area (Å²) in [4.78, 5) is 17.8. The van der Waals surface area contributed by atoms with Crippen LogP contribution in [0.2, 0.25) is 0 Å². The SMILES string of the molecule is Nc1cncc(Br)c1N1CCC2NC(=O)CCC2C1. The van der Waals surface area contributed by atoms with Crippen LogP contribution in [-0.2, 0) is 4.79 Å². The van der Waals surface area contributed by atoms with Crippen molar-refractivity contribution >= 4 is 33.2 Å². The molecular formula is C13H17BrN4O. The van der Waals surface area contributed by atoms with Gasteiger partial charge in [-0.2, -0.15) is 0 Å². The molecule has 3 rings (SSSR count). The number of nitrogen functional groups attached to an aromatic ring is 1. The maximum Gasteiger partial charge on any atom is 0.220 e. The largest absolute Gasteiger partial charge is 0.396 e. The van der Waals surface area contributed by atoms with Gasteiger partial charge in [-0.05, 0) is 34.7 Å². The molecule has 0 bridgehead atoms. The first kappa shape index (κ1) is 12.7. The molecule has 2 atom stereocenters. The Bertz CT molecular complexity index is 487. The second-order valence-electron chi connectivity index (χ2n) is 5.27. The van der Waals surface area contributed by atoms with Gasteiger partial charge in [-0.3, -0.25) is 9.78 Å². The van der Waals surface area contributed by atoms with Crippen molar-refractivity contribution in [2.24, 2.45) is 5.92 Å². The van der Waals surface area contributed by atoms with E-state index in [-0.39, 0.29) is 5.91 Å². The zero-order valence-electron chi connectivity index (χ0n) is 10.6. The number of nitrogens with one attached hydrogen (secondary N) is 1. The van der Waals surface area contributed by atoms with Crippen molar-refractivity contribution in [3.63, 3.8) is 0 Å². The van der Waals surface area contributed by atoms with Gasteiger partial charge in [0.25, 0.3) is 0 Å². The lowest BCUT2D eigenvalue weighted by atomic mass is 9.85. The zero-order chi connectivity index (χ0) is 13.4. The van der Waals surface area contributed by atoms with Gasteiger partial charge in [0.15, 0.2) is 0 Å². The first-order valence-corrected chi connectivity index (χ1v) is 7.37. The molecule has 0 aromatic carbocycles. The number of hydrogen-bond acceptors (Lipinski definition) is 4. The second-order valence-corrected chi connectivity index (χ2v) is 6.12. The third-order valence-electron chi connectivity index (χ3n) is 4.04. The molecule has 1 amide bonds. The summed E-state index contributed by atoms with van der Waals surface area (Å²) in [6, 6.07) is 0.333. The number of nitrogens with two attached hydrogens (primary N) is 1. The minimum Gasteiger partial charge on any atom is -0.396 e. The number of amides is 1. The minimum absolute atomic E-state index is 0.194. The summed E-state index contributed by atoms with van der Waals surface area (Å²) in [6.07, 6.45) is 6.05. The molecule has 0 spiro atoms. The summed E-state index contributed by atoms with van der Waals surface area (Å²) in [5.41, 5.74) is 7.77. The van der Waals surface area contributed by atoms with E-state index < -0.39 is 0 Å². The number of piperidine rings is 2. The van der Waals surface area contributed by atoms with Gasteiger partial charge >= 0.3 is 0 Å². The van der Waals surface area contributed by atoms with Gasteiger partial charge in [-0.15, -0.1) is 0 Å². The summed E-state index contributed by atoms with van der Waals surface area (Å²) in [6.45, 7) is 1.85. The third kappa shape index (κ3) is 2.41. The van der Waals surface area contributed by atoms with Crippen LogP contribution in [0.15, 0.2) is 16.9 Å². The van der Waals surface area contributed by atoms with Crippen LogP contribution >= 0.6 is 15.9 Å². The van der Waals surface area contributed by atoms with Crippen LogP contribution in [-0.4, -0.2) is 30.0 Å². The Morgan fingerprint density at radius 2 is 2.26 bits per heavy atom.